The second-order valence-electron chi connectivity index (χ2n) is 7.16. The maximum absolute atomic E-state index is 12.5. The fourth-order valence-corrected chi connectivity index (χ4v) is 4.76. The van der Waals surface area contributed by atoms with Crippen LogP contribution < -0.4 is 14.8 Å². The molecule has 1 fully saturated rings. The van der Waals surface area contributed by atoms with Gasteiger partial charge in [0.05, 0.1) is 18.6 Å². The lowest BCUT2D eigenvalue weighted by Crippen LogP contribution is -2.28. The van der Waals surface area contributed by atoms with Crippen molar-refractivity contribution in [3.63, 3.8) is 0 Å². The van der Waals surface area contributed by atoms with Crippen LogP contribution in [0.25, 0.3) is 0 Å². The molecule has 0 atom stereocenters. The second kappa shape index (κ2) is 10.4. The molecule has 2 aromatic rings. The van der Waals surface area contributed by atoms with E-state index >= 15 is 0 Å². The van der Waals surface area contributed by atoms with E-state index in [-0.39, 0.29) is 5.91 Å². The van der Waals surface area contributed by atoms with Gasteiger partial charge in [-0.15, -0.1) is 0 Å². The third kappa shape index (κ3) is 5.96. The lowest BCUT2D eigenvalue weighted by Gasteiger charge is -2.15. The van der Waals surface area contributed by atoms with Gasteiger partial charge >= 0.3 is 0 Å². The van der Waals surface area contributed by atoms with Crippen molar-refractivity contribution in [3.8, 4) is 11.5 Å². The zero-order valence-corrected chi connectivity index (χ0v) is 18.0. The highest BCUT2D eigenvalue weighted by molar-refractivity contribution is 7.89. The van der Waals surface area contributed by atoms with Crippen molar-refractivity contribution in [2.45, 2.75) is 37.1 Å². The topological polar surface area (TPSA) is 84.9 Å². The zero-order chi connectivity index (χ0) is 21.4. The molecular formula is C22H28N2O5S. The van der Waals surface area contributed by atoms with Crippen LogP contribution in [0.1, 0.15) is 31.2 Å². The van der Waals surface area contributed by atoms with Gasteiger partial charge in [0.25, 0.3) is 0 Å². The lowest BCUT2D eigenvalue weighted by molar-refractivity contribution is -0.121. The number of carbonyl (C=O) groups is 1. The summed E-state index contributed by atoms with van der Waals surface area (Å²) >= 11 is 0. The van der Waals surface area contributed by atoms with Crippen LogP contribution in [-0.2, 0) is 21.4 Å². The summed E-state index contributed by atoms with van der Waals surface area (Å²) < 4.78 is 37.3. The van der Waals surface area contributed by atoms with Crippen LogP contribution >= 0.6 is 0 Å². The summed E-state index contributed by atoms with van der Waals surface area (Å²) in [5, 5.41) is 2.86. The molecule has 0 aliphatic carbocycles. The Bertz CT molecular complexity index is 921. The molecule has 3 rings (SSSR count). The number of benzene rings is 2. The molecule has 1 heterocycles. The van der Waals surface area contributed by atoms with Gasteiger partial charge < -0.3 is 14.8 Å². The molecule has 1 saturated heterocycles. The van der Waals surface area contributed by atoms with Gasteiger partial charge in [-0.2, -0.15) is 4.31 Å². The van der Waals surface area contributed by atoms with Crippen molar-refractivity contribution < 1.29 is 22.7 Å². The monoisotopic (exact) mass is 432 g/mol. The maximum Gasteiger partial charge on any atom is 0.243 e. The van der Waals surface area contributed by atoms with Crippen LogP contribution in [0.15, 0.2) is 53.4 Å². The highest BCUT2D eigenvalue weighted by Gasteiger charge is 2.26. The van der Waals surface area contributed by atoms with Crippen molar-refractivity contribution >= 4 is 15.9 Å². The van der Waals surface area contributed by atoms with Crippen LogP contribution in [-0.4, -0.2) is 45.4 Å². The van der Waals surface area contributed by atoms with E-state index in [9.17, 15) is 13.2 Å². The number of ether oxygens (including phenoxy) is 2. The van der Waals surface area contributed by atoms with Crippen LogP contribution in [0.4, 0.5) is 0 Å². The maximum atomic E-state index is 12.5. The number of nitrogens with zero attached hydrogens (tertiary/aromatic N) is 1. The summed E-state index contributed by atoms with van der Waals surface area (Å²) in [6.45, 7) is 1.98. The predicted octanol–water partition coefficient (Wildman–Crippen LogP) is 2.96. The average molecular weight is 433 g/mol. The first kappa shape index (κ1) is 22.1. The van der Waals surface area contributed by atoms with Crippen molar-refractivity contribution in [1.29, 1.82) is 0 Å². The Morgan fingerprint density at radius 1 is 1.00 bits per heavy atom. The van der Waals surface area contributed by atoms with E-state index in [0.29, 0.717) is 44.0 Å². The Labute approximate surface area is 178 Å². The number of sulfonamides is 1. The quantitative estimate of drug-likeness (QED) is 0.584. The highest BCUT2D eigenvalue weighted by atomic mass is 32.2. The first-order chi connectivity index (χ1) is 14.5. The number of rotatable bonds is 10. The highest BCUT2D eigenvalue weighted by Crippen LogP contribution is 2.21. The Balaban J connectivity index is 1.38. The molecule has 0 aromatic heterocycles. The lowest BCUT2D eigenvalue weighted by atomic mass is 10.2. The minimum absolute atomic E-state index is 0.0675. The molecule has 1 amide bonds. The van der Waals surface area contributed by atoms with Gasteiger partial charge in [0.15, 0.2) is 0 Å². The summed E-state index contributed by atoms with van der Waals surface area (Å²) in [6, 6.07) is 14.0. The molecule has 1 aliphatic heterocycles. The third-order valence-electron chi connectivity index (χ3n) is 4.99. The Morgan fingerprint density at radius 2 is 1.63 bits per heavy atom. The van der Waals surface area contributed by atoms with E-state index in [4.69, 9.17) is 9.47 Å². The van der Waals surface area contributed by atoms with Crippen molar-refractivity contribution in [3.05, 3.63) is 54.1 Å². The van der Waals surface area contributed by atoms with E-state index in [1.807, 2.05) is 24.3 Å². The van der Waals surface area contributed by atoms with Gasteiger partial charge in [0, 0.05) is 26.1 Å². The molecule has 1 aliphatic rings. The molecule has 0 radical (unpaired) electrons. The summed E-state index contributed by atoms with van der Waals surface area (Å²) in [4.78, 5) is 12.3. The van der Waals surface area contributed by atoms with Gasteiger partial charge in [-0.1, -0.05) is 12.1 Å². The molecule has 162 valence electrons. The summed E-state index contributed by atoms with van der Waals surface area (Å²) in [7, 11) is -1.79. The minimum Gasteiger partial charge on any atom is -0.497 e. The predicted molar refractivity (Wildman–Crippen MR) is 114 cm³/mol. The molecule has 7 nitrogen and oxygen atoms in total. The number of hydrogen-bond donors (Lipinski definition) is 1. The van der Waals surface area contributed by atoms with Crippen LogP contribution in [0.3, 0.4) is 0 Å². The standard InChI is InChI=1S/C22H28N2O5S/c1-28-19-8-10-20(11-9-19)29-16-4-5-22(25)23-17-18-6-12-21(13-7-18)30(26,27)24-14-2-3-15-24/h6-13H,2-5,14-17H2,1H3,(H,23,25). The average Bonchev–Trinajstić information content (AvgIpc) is 3.32. The number of hydrogen-bond acceptors (Lipinski definition) is 5. The Kier molecular flexibility index (Phi) is 7.70. The fourth-order valence-electron chi connectivity index (χ4n) is 3.24. The number of amides is 1. The molecule has 8 heteroatoms. The summed E-state index contributed by atoms with van der Waals surface area (Å²) in [5.41, 5.74) is 0.859. The van der Waals surface area contributed by atoms with Gasteiger partial charge in [-0.05, 0) is 61.2 Å². The van der Waals surface area contributed by atoms with E-state index in [1.165, 1.54) is 4.31 Å². The Morgan fingerprint density at radius 3 is 2.27 bits per heavy atom. The van der Waals surface area contributed by atoms with Crippen LogP contribution in [0.5, 0.6) is 11.5 Å². The van der Waals surface area contributed by atoms with Gasteiger partial charge in [0.2, 0.25) is 15.9 Å². The van der Waals surface area contributed by atoms with Gasteiger partial charge in [-0.25, -0.2) is 8.42 Å². The molecule has 2 aromatic carbocycles. The largest absolute Gasteiger partial charge is 0.497 e. The normalized spacial score (nSPS) is 14.4. The molecular weight excluding hydrogens is 404 g/mol. The van der Waals surface area contributed by atoms with Crippen molar-refractivity contribution in [1.82, 2.24) is 9.62 Å². The van der Waals surface area contributed by atoms with E-state index < -0.39 is 10.0 Å². The molecule has 0 saturated carbocycles. The summed E-state index contributed by atoms with van der Waals surface area (Å²) in [5.74, 6) is 1.44. The van der Waals surface area contributed by atoms with Crippen molar-refractivity contribution in [2.75, 3.05) is 26.8 Å². The van der Waals surface area contributed by atoms with Crippen LogP contribution in [0.2, 0.25) is 0 Å². The second-order valence-corrected chi connectivity index (χ2v) is 9.10. The van der Waals surface area contributed by atoms with Crippen LogP contribution in [0, 0.1) is 0 Å². The molecule has 0 spiro atoms. The molecule has 1 N–H and O–H groups in total. The van der Waals surface area contributed by atoms with Crippen molar-refractivity contribution in [2.24, 2.45) is 0 Å². The van der Waals surface area contributed by atoms with E-state index in [2.05, 4.69) is 5.32 Å². The van der Waals surface area contributed by atoms with Gasteiger partial charge in [0.1, 0.15) is 11.5 Å². The smallest absolute Gasteiger partial charge is 0.243 e. The fraction of sp³-hybridized carbons (Fsp3) is 0.409. The van der Waals surface area contributed by atoms with Gasteiger partial charge in [-0.3, -0.25) is 4.79 Å². The van der Waals surface area contributed by atoms with E-state index in [1.54, 1.807) is 31.4 Å². The first-order valence-electron chi connectivity index (χ1n) is 10.1. The zero-order valence-electron chi connectivity index (χ0n) is 17.2. The Hall–Kier alpha value is -2.58. The SMILES string of the molecule is COc1ccc(OCCCC(=O)NCc2ccc(S(=O)(=O)N3CCCC3)cc2)cc1. The number of carbonyl (C=O) groups excluding carboxylic acids is 1. The summed E-state index contributed by atoms with van der Waals surface area (Å²) in [6.07, 6.45) is 2.78. The van der Waals surface area contributed by atoms with E-state index in [0.717, 1.165) is 29.9 Å². The molecule has 0 unspecified atom stereocenters. The molecule has 30 heavy (non-hydrogen) atoms. The minimum atomic E-state index is -3.40. The molecule has 0 bridgehead atoms. The first-order valence-corrected chi connectivity index (χ1v) is 11.6. The number of nitrogens with one attached hydrogen (secondary N) is 1. The number of methoxy groups -OCH3 is 1. The third-order valence-corrected chi connectivity index (χ3v) is 6.91.